The predicted molar refractivity (Wildman–Crippen MR) is 116 cm³/mol. The molecule has 0 radical (unpaired) electrons. The molecular weight excluding hydrogens is 447 g/mol. The molecule has 0 bridgehead atoms. The molecule has 3 aromatic rings. The number of aromatic nitrogens is 1. The molecule has 3 amide bonds. The number of carbonyl (C=O) groups is 2. The number of hydrogen-bond donors (Lipinski definition) is 3. The second-order valence-electron chi connectivity index (χ2n) is 7.09. The number of urea groups is 1. The molecule has 3 rings (SSSR count). The summed E-state index contributed by atoms with van der Waals surface area (Å²) in [5.74, 6) is -1.07. The van der Waals surface area contributed by atoms with E-state index in [0.717, 1.165) is 0 Å². The Morgan fingerprint density at radius 1 is 1.10 bits per heavy atom. The van der Waals surface area contributed by atoms with Crippen LogP contribution in [0.2, 0.25) is 5.02 Å². The average molecular weight is 467 g/mol. The molecule has 0 aliphatic carbocycles. The van der Waals surface area contributed by atoms with Crippen molar-refractivity contribution in [1.29, 1.82) is 0 Å². The lowest BCUT2D eigenvalue weighted by Crippen LogP contribution is -2.42. The summed E-state index contributed by atoms with van der Waals surface area (Å²) >= 11 is 5.99. The van der Waals surface area contributed by atoms with E-state index >= 15 is 0 Å². The standard InChI is InChI=1S/C20H20ClFN4O4S/c1-11(2)23-20(28)25-31(29,30)13-6-4-12(5-7-13)24-19(27)17-10-14-16(26(17)3)9-8-15(22)18(14)21/h4-11H,1-3H3,(H,24,27)(H2,23,25,28). The molecule has 1 aromatic heterocycles. The van der Waals surface area contributed by atoms with Crippen molar-refractivity contribution in [2.24, 2.45) is 7.05 Å². The van der Waals surface area contributed by atoms with Crippen LogP contribution in [-0.2, 0) is 17.1 Å². The van der Waals surface area contributed by atoms with Crippen LogP contribution in [0.15, 0.2) is 47.4 Å². The number of rotatable bonds is 5. The molecule has 2 aromatic carbocycles. The highest BCUT2D eigenvalue weighted by Gasteiger charge is 2.19. The summed E-state index contributed by atoms with van der Waals surface area (Å²) in [4.78, 5) is 24.2. The van der Waals surface area contributed by atoms with E-state index < -0.39 is 27.8 Å². The lowest BCUT2D eigenvalue weighted by molar-refractivity contribution is 0.101. The molecule has 8 nitrogen and oxygen atoms in total. The van der Waals surface area contributed by atoms with Crippen molar-refractivity contribution in [1.82, 2.24) is 14.6 Å². The number of sulfonamides is 1. The summed E-state index contributed by atoms with van der Waals surface area (Å²) in [5.41, 5.74) is 1.16. The number of fused-ring (bicyclic) bond motifs is 1. The number of amides is 3. The Morgan fingerprint density at radius 3 is 2.35 bits per heavy atom. The van der Waals surface area contributed by atoms with Gasteiger partial charge in [0.05, 0.1) is 15.4 Å². The molecule has 3 N–H and O–H groups in total. The van der Waals surface area contributed by atoms with Gasteiger partial charge in [0.2, 0.25) is 0 Å². The van der Waals surface area contributed by atoms with Crippen LogP contribution >= 0.6 is 11.6 Å². The lowest BCUT2D eigenvalue weighted by atomic mass is 10.2. The number of nitrogens with zero attached hydrogens (tertiary/aromatic N) is 1. The number of benzene rings is 2. The Hall–Kier alpha value is -3.11. The first-order chi connectivity index (χ1) is 14.5. The largest absolute Gasteiger partial charge is 0.340 e. The van der Waals surface area contributed by atoms with E-state index in [4.69, 9.17) is 11.6 Å². The van der Waals surface area contributed by atoms with Gasteiger partial charge in [-0.3, -0.25) is 4.79 Å². The van der Waals surface area contributed by atoms with E-state index in [-0.39, 0.29) is 21.7 Å². The smallest absolute Gasteiger partial charge is 0.328 e. The summed E-state index contributed by atoms with van der Waals surface area (Å²) in [6.07, 6.45) is 0. The van der Waals surface area contributed by atoms with Gasteiger partial charge in [-0.2, -0.15) is 0 Å². The van der Waals surface area contributed by atoms with Crippen molar-refractivity contribution < 1.29 is 22.4 Å². The first-order valence-electron chi connectivity index (χ1n) is 9.17. The summed E-state index contributed by atoms with van der Waals surface area (Å²) in [6.45, 7) is 3.40. The van der Waals surface area contributed by atoms with E-state index in [9.17, 15) is 22.4 Å². The minimum atomic E-state index is -4.06. The fourth-order valence-electron chi connectivity index (χ4n) is 2.95. The summed E-state index contributed by atoms with van der Waals surface area (Å²) in [7, 11) is -2.42. The molecule has 31 heavy (non-hydrogen) atoms. The minimum absolute atomic E-state index is 0.0734. The van der Waals surface area contributed by atoms with E-state index in [1.807, 2.05) is 4.72 Å². The van der Waals surface area contributed by atoms with Crippen LogP contribution in [0.1, 0.15) is 24.3 Å². The normalized spacial score (nSPS) is 11.5. The number of carbonyl (C=O) groups excluding carboxylic acids is 2. The van der Waals surface area contributed by atoms with E-state index in [2.05, 4.69) is 10.6 Å². The van der Waals surface area contributed by atoms with Crippen molar-refractivity contribution in [3.63, 3.8) is 0 Å². The molecule has 0 fully saturated rings. The first kappa shape index (κ1) is 22.6. The Kier molecular flexibility index (Phi) is 6.23. The molecule has 0 aliphatic heterocycles. The van der Waals surface area contributed by atoms with Gasteiger partial charge >= 0.3 is 6.03 Å². The van der Waals surface area contributed by atoms with Gasteiger partial charge in [-0.15, -0.1) is 0 Å². The van der Waals surface area contributed by atoms with Crippen LogP contribution in [-0.4, -0.2) is 31.0 Å². The van der Waals surface area contributed by atoms with Crippen LogP contribution in [0, 0.1) is 5.82 Å². The fourth-order valence-corrected chi connectivity index (χ4v) is 4.08. The Balaban J connectivity index is 1.78. The first-order valence-corrected chi connectivity index (χ1v) is 11.0. The Morgan fingerprint density at radius 2 is 1.74 bits per heavy atom. The maximum absolute atomic E-state index is 13.7. The van der Waals surface area contributed by atoms with E-state index in [0.29, 0.717) is 16.6 Å². The molecule has 0 atom stereocenters. The van der Waals surface area contributed by atoms with Gasteiger partial charge < -0.3 is 15.2 Å². The number of nitrogens with one attached hydrogen (secondary N) is 3. The van der Waals surface area contributed by atoms with Crippen molar-refractivity contribution in [3.05, 3.63) is 59.0 Å². The van der Waals surface area contributed by atoms with Crippen LogP contribution in [0.5, 0.6) is 0 Å². The average Bonchev–Trinajstić information content (AvgIpc) is 3.01. The SMILES string of the molecule is CC(C)NC(=O)NS(=O)(=O)c1ccc(NC(=O)c2cc3c(Cl)c(F)ccc3n2C)cc1. The van der Waals surface area contributed by atoms with Gasteiger partial charge in [-0.1, -0.05) is 11.6 Å². The predicted octanol–water partition coefficient (Wildman–Crippen LogP) is 3.62. The molecule has 11 heteroatoms. The van der Waals surface area contributed by atoms with Crippen LogP contribution < -0.4 is 15.4 Å². The number of anilines is 1. The van der Waals surface area contributed by atoms with Gasteiger partial charge in [0.25, 0.3) is 15.9 Å². The highest BCUT2D eigenvalue weighted by atomic mass is 35.5. The molecule has 0 aliphatic rings. The second kappa shape index (κ2) is 8.56. The van der Waals surface area contributed by atoms with Crippen molar-refractivity contribution in [3.8, 4) is 0 Å². The van der Waals surface area contributed by atoms with Crippen LogP contribution in [0.4, 0.5) is 14.9 Å². The molecule has 164 valence electrons. The van der Waals surface area contributed by atoms with Crippen LogP contribution in [0.25, 0.3) is 10.9 Å². The van der Waals surface area contributed by atoms with Gasteiger partial charge in [0.15, 0.2) is 0 Å². The zero-order valence-electron chi connectivity index (χ0n) is 16.9. The van der Waals surface area contributed by atoms with Gasteiger partial charge in [-0.25, -0.2) is 22.3 Å². The van der Waals surface area contributed by atoms with Crippen molar-refractivity contribution >= 4 is 50.2 Å². The van der Waals surface area contributed by atoms with E-state index in [1.54, 1.807) is 25.5 Å². The Labute approximate surface area is 183 Å². The topological polar surface area (TPSA) is 109 Å². The third kappa shape index (κ3) is 4.80. The monoisotopic (exact) mass is 466 g/mol. The lowest BCUT2D eigenvalue weighted by Gasteiger charge is -2.11. The maximum Gasteiger partial charge on any atom is 0.328 e. The van der Waals surface area contributed by atoms with Crippen LogP contribution in [0.3, 0.4) is 0 Å². The highest BCUT2D eigenvalue weighted by Crippen LogP contribution is 2.29. The highest BCUT2D eigenvalue weighted by molar-refractivity contribution is 7.90. The molecule has 0 spiro atoms. The maximum atomic E-state index is 13.7. The summed E-state index contributed by atoms with van der Waals surface area (Å²) < 4.78 is 41.7. The quantitative estimate of drug-likeness (QED) is 0.533. The van der Waals surface area contributed by atoms with Gasteiger partial charge in [-0.05, 0) is 56.3 Å². The zero-order valence-corrected chi connectivity index (χ0v) is 18.4. The van der Waals surface area contributed by atoms with Gasteiger partial charge in [0.1, 0.15) is 11.5 Å². The summed E-state index contributed by atoms with van der Waals surface area (Å²) in [5, 5.41) is 5.41. The second-order valence-corrected chi connectivity index (χ2v) is 9.16. The Bertz CT molecular complexity index is 1270. The molecule has 0 saturated carbocycles. The van der Waals surface area contributed by atoms with Gasteiger partial charge in [0, 0.05) is 24.2 Å². The minimum Gasteiger partial charge on any atom is -0.340 e. The molecule has 1 heterocycles. The number of halogens is 2. The fraction of sp³-hybridized carbons (Fsp3) is 0.200. The van der Waals surface area contributed by atoms with Crippen molar-refractivity contribution in [2.45, 2.75) is 24.8 Å². The molecule has 0 saturated heterocycles. The number of aryl methyl sites for hydroxylation is 1. The van der Waals surface area contributed by atoms with Crippen molar-refractivity contribution in [2.75, 3.05) is 5.32 Å². The zero-order chi connectivity index (χ0) is 22.9. The third-order valence-corrected chi connectivity index (χ3v) is 6.15. The molecule has 0 unspecified atom stereocenters. The number of hydrogen-bond acceptors (Lipinski definition) is 4. The molecular formula is C20H20ClFN4O4S. The summed E-state index contributed by atoms with van der Waals surface area (Å²) in [6, 6.07) is 8.46. The third-order valence-electron chi connectivity index (χ3n) is 4.42. The van der Waals surface area contributed by atoms with E-state index in [1.165, 1.54) is 42.5 Å².